The van der Waals surface area contributed by atoms with Gasteiger partial charge in [0.1, 0.15) is 0 Å². The molecule has 0 heterocycles. The van der Waals surface area contributed by atoms with Crippen LogP contribution in [0.2, 0.25) is 0 Å². The predicted molar refractivity (Wildman–Crippen MR) is 53.2 cm³/mol. The van der Waals surface area contributed by atoms with Gasteiger partial charge in [0.2, 0.25) is 5.43 Å². The summed E-state index contributed by atoms with van der Waals surface area (Å²) in [5, 5.41) is 0. The van der Waals surface area contributed by atoms with E-state index < -0.39 is 0 Å². The molecular formula is C11H12O2. The highest BCUT2D eigenvalue weighted by molar-refractivity contribution is 5.28. The molecule has 1 aromatic carbocycles. The largest absolute Gasteiger partial charge is 0.493 e. The second kappa shape index (κ2) is 4.45. The van der Waals surface area contributed by atoms with Crippen LogP contribution in [0.4, 0.5) is 0 Å². The molecule has 1 rings (SSSR count). The van der Waals surface area contributed by atoms with E-state index in [-0.39, 0.29) is 5.43 Å². The van der Waals surface area contributed by atoms with Crippen molar-refractivity contribution in [2.75, 3.05) is 7.11 Å². The van der Waals surface area contributed by atoms with Crippen molar-refractivity contribution in [3.8, 4) is 5.75 Å². The average Bonchev–Trinajstić information content (AvgIpc) is 2.30. The van der Waals surface area contributed by atoms with Crippen molar-refractivity contribution in [3.05, 3.63) is 52.7 Å². The first-order valence-corrected chi connectivity index (χ1v) is 4.06. The zero-order valence-electron chi connectivity index (χ0n) is 7.62. The van der Waals surface area contributed by atoms with Crippen LogP contribution >= 0.6 is 0 Å². The van der Waals surface area contributed by atoms with Gasteiger partial charge < -0.3 is 4.74 Å². The van der Waals surface area contributed by atoms with E-state index in [1.165, 1.54) is 7.11 Å². The van der Waals surface area contributed by atoms with Crippen molar-refractivity contribution in [2.45, 2.75) is 6.42 Å². The molecule has 0 atom stereocenters. The molecule has 0 radical (unpaired) electrons. The molecule has 0 saturated carbocycles. The van der Waals surface area contributed by atoms with E-state index in [1.807, 2.05) is 6.07 Å². The first-order valence-electron chi connectivity index (χ1n) is 4.06. The van der Waals surface area contributed by atoms with Crippen LogP contribution in [-0.4, -0.2) is 7.11 Å². The molecule has 0 fully saturated rings. The molecule has 0 unspecified atom stereocenters. The van der Waals surface area contributed by atoms with Gasteiger partial charge in [-0.3, -0.25) is 4.79 Å². The average molecular weight is 176 g/mol. The minimum atomic E-state index is -0.0626. The summed E-state index contributed by atoms with van der Waals surface area (Å²) in [6.07, 6.45) is 2.28. The molecule has 0 aromatic heterocycles. The Kier molecular flexibility index (Phi) is 3.26. The lowest BCUT2D eigenvalue weighted by molar-refractivity contribution is 0.411. The molecule has 0 amide bonds. The summed E-state index contributed by atoms with van der Waals surface area (Å²) >= 11 is 0. The highest BCUT2D eigenvalue weighted by Crippen LogP contribution is 2.03. The number of ether oxygens (including phenoxy) is 1. The lowest BCUT2D eigenvalue weighted by atomic mass is 10.2. The van der Waals surface area contributed by atoms with E-state index in [4.69, 9.17) is 4.74 Å². The van der Waals surface area contributed by atoms with Crippen molar-refractivity contribution in [1.29, 1.82) is 0 Å². The van der Waals surface area contributed by atoms with E-state index >= 15 is 0 Å². The minimum absolute atomic E-state index is 0.0626. The fourth-order valence-corrected chi connectivity index (χ4v) is 1.10. The van der Waals surface area contributed by atoms with Gasteiger partial charge >= 0.3 is 0 Å². The zero-order valence-corrected chi connectivity index (χ0v) is 7.62. The number of hydrogen-bond donors (Lipinski definition) is 0. The number of rotatable bonds is 3. The third-order valence-electron chi connectivity index (χ3n) is 1.76. The molecule has 0 saturated heterocycles. The van der Waals surface area contributed by atoms with E-state index in [1.54, 1.807) is 24.3 Å². The quantitative estimate of drug-likeness (QED) is 0.656. The lowest BCUT2D eigenvalue weighted by Gasteiger charge is -1.94. The summed E-state index contributed by atoms with van der Waals surface area (Å²) in [5.74, 6) is 0.377. The second-order valence-corrected chi connectivity index (χ2v) is 2.63. The molecule has 0 spiro atoms. The number of allylic oxidation sites excluding steroid dienone is 1. The summed E-state index contributed by atoms with van der Waals surface area (Å²) in [5.41, 5.74) is 0.643. The molecule has 0 aliphatic rings. The van der Waals surface area contributed by atoms with Crippen LogP contribution < -0.4 is 10.2 Å². The molecule has 13 heavy (non-hydrogen) atoms. The fraction of sp³-hybridized carbons (Fsp3) is 0.182. The highest BCUT2D eigenvalue weighted by atomic mass is 16.5. The van der Waals surface area contributed by atoms with Gasteiger partial charge in [-0.25, -0.2) is 0 Å². The van der Waals surface area contributed by atoms with Crippen molar-refractivity contribution in [3.63, 3.8) is 0 Å². The molecule has 68 valence electrons. The first kappa shape index (κ1) is 9.52. The van der Waals surface area contributed by atoms with Crippen LogP contribution in [0.1, 0.15) is 5.56 Å². The molecule has 0 aliphatic carbocycles. The van der Waals surface area contributed by atoms with Crippen molar-refractivity contribution < 1.29 is 4.74 Å². The van der Waals surface area contributed by atoms with E-state index in [0.29, 0.717) is 17.7 Å². The van der Waals surface area contributed by atoms with Gasteiger partial charge in [0.15, 0.2) is 5.75 Å². The van der Waals surface area contributed by atoms with Gasteiger partial charge in [-0.1, -0.05) is 24.3 Å². The molecule has 1 aromatic rings. The van der Waals surface area contributed by atoms with Crippen LogP contribution in [0.3, 0.4) is 0 Å². The number of hydrogen-bond acceptors (Lipinski definition) is 2. The van der Waals surface area contributed by atoms with Crippen LogP contribution in [0, 0.1) is 0 Å². The Hall–Kier alpha value is -1.57. The minimum Gasteiger partial charge on any atom is -0.493 e. The van der Waals surface area contributed by atoms with Crippen LogP contribution in [-0.2, 0) is 6.42 Å². The Morgan fingerprint density at radius 3 is 2.77 bits per heavy atom. The summed E-state index contributed by atoms with van der Waals surface area (Å²) in [7, 11) is 1.49. The molecule has 0 bridgehead atoms. The maximum Gasteiger partial charge on any atom is 0.223 e. The smallest absolute Gasteiger partial charge is 0.223 e. The summed E-state index contributed by atoms with van der Waals surface area (Å²) < 4.78 is 4.95. The first-order chi connectivity index (χ1) is 6.29. The maximum absolute atomic E-state index is 11.6. The second-order valence-electron chi connectivity index (χ2n) is 2.63. The van der Waals surface area contributed by atoms with Gasteiger partial charge in [-0.2, -0.15) is 0 Å². The normalized spacial score (nSPS) is 9.31. The Balaban J connectivity index is 3.30. The Morgan fingerprint density at radius 1 is 1.46 bits per heavy atom. The monoisotopic (exact) mass is 176 g/mol. The summed E-state index contributed by atoms with van der Waals surface area (Å²) in [6.45, 7) is 3.59. The molecule has 2 nitrogen and oxygen atoms in total. The Morgan fingerprint density at radius 2 is 2.15 bits per heavy atom. The van der Waals surface area contributed by atoms with Crippen LogP contribution in [0.15, 0.2) is 41.7 Å². The predicted octanol–water partition coefficient (Wildman–Crippen LogP) is 1.78. The van der Waals surface area contributed by atoms with Crippen molar-refractivity contribution >= 4 is 0 Å². The van der Waals surface area contributed by atoms with Gasteiger partial charge in [-0.05, 0) is 12.5 Å². The van der Waals surface area contributed by atoms with E-state index in [9.17, 15) is 4.79 Å². The molecule has 0 N–H and O–H groups in total. The molecular weight excluding hydrogens is 164 g/mol. The van der Waals surface area contributed by atoms with Gasteiger partial charge in [-0.15, -0.1) is 6.58 Å². The van der Waals surface area contributed by atoms with E-state index in [2.05, 4.69) is 6.58 Å². The third kappa shape index (κ3) is 2.18. The van der Waals surface area contributed by atoms with E-state index in [0.717, 1.165) is 0 Å². The fourth-order valence-electron chi connectivity index (χ4n) is 1.10. The Bertz CT molecular complexity index is 356. The summed E-state index contributed by atoms with van der Waals surface area (Å²) in [4.78, 5) is 11.6. The number of methoxy groups -OCH3 is 1. The topological polar surface area (TPSA) is 26.3 Å². The van der Waals surface area contributed by atoms with Gasteiger partial charge in [0.25, 0.3) is 0 Å². The third-order valence-corrected chi connectivity index (χ3v) is 1.76. The van der Waals surface area contributed by atoms with Crippen molar-refractivity contribution in [2.24, 2.45) is 0 Å². The van der Waals surface area contributed by atoms with Crippen LogP contribution in [0.25, 0.3) is 0 Å². The van der Waals surface area contributed by atoms with Gasteiger partial charge in [0.05, 0.1) is 7.11 Å². The molecule has 0 aliphatic heterocycles. The van der Waals surface area contributed by atoms with Crippen LogP contribution in [0.5, 0.6) is 5.75 Å². The zero-order chi connectivity index (χ0) is 9.68. The standard InChI is InChI=1S/C11H12O2/c1-3-6-9-7-4-5-8-10(13-2)11(9)12/h3-5,7-8H,1,6H2,2H3. The highest BCUT2D eigenvalue weighted by Gasteiger charge is 2.00. The van der Waals surface area contributed by atoms with Gasteiger partial charge in [0, 0.05) is 5.56 Å². The van der Waals surface area contributed by atoms with Crippen molar-refractivity contribution in [1.82, 2.24) is 0 Å². The maximum atomic E-state index is 11.6. The molecule has 2 heteroatoms. The summed E-state index contributed by atoms with van der Waals surface area (Å²) in [6, 6.07) is 7.05. The SMILES string of the molecule is C=CCc1ccccc(OC)c1=O. The Labute approximate surface area is 77.5 Å². The lowest BCUT2D eigenvalue weighted by Crippen LogP contribution is -2.07.